The maximum atomic E-state index is 11.9. The molecule has 0 heterocycles. The molecule has 13 heteroatoms. The normalized spacial score (nSPS) is 11.3. The van der Waals surface area contributed by atoms with Crippen molar-refractivity contribution in [1.29, 1.82) is 0 Å². The molecule has 0 bridgehead atoms. The first-order chi connectivity index (χ1) is 26.9. The molecule has 4 aromatic carbocycles. The quantitative estimate of drug-likeness (QED) is 0.0392. The predicted molar refractivity (Wildman–Crippen MR) is 223 cm³/mol. The van der Waals surface area contributed by atoms with Crippen molar-refractivity contribution in [3.63, 3.8) is 0 Å². The Morgan fingerprint density at radius 1 is 0.509 bits per heavy atom. The third-order valence-corrected chi connectivity index (χ3v) is 11.3. The van der Waals surface area contributed by atoms with Crippen molar-refractivity contribution in [2.45, 2.75) is 139 Å². The van der Waals surface area contributed by atoms with E-state index in [0.717, 1.165) is 44.9 Å². The summed E-state index contributed by atoms with van der Waals surface area (Å²) in [6, 6.07) is 21.6. The van der Waals surface area contributed by atoms with Gasteiger partial charge in [-0.15, -0.1) is 0 Å². The molecular formula is C44H58CaO10S2. The molecule has 0 aliphatic heterocycles. The van der Waals surface area contributed by atoms with Gasteiger partial charge in [-0.3, -0.25) is 4.55 Å². The SMILES string of the molecule is CCCCCCCCCCc1c(Oc2ccccc2O)cccc1S(=O)(=O)O.CCCCCCCCCCc1c(Oc2ccccc2[O-])cccc1S(=O)(=O)[O-].[Ca+2]. The van der Waals surface area contributed by atoms with Crippen molar-refractivity contribution in [2.24, 2.45) is 0 Å². The molecule has 0 aliphatic rings. The van der Waals surface area contributed by atoms with Crippen molar-refractivity contribution in [2.75, 3.05) is 0 Å². The van der Waals surface area contributed by atoms with E-state index in [2.05, 4.69) is 13.8 Å². The molecule has 308 valence electrons. The molecule has 0 atom stereocenters. The Morgan fingerprint density at radius 2 is 0.895 bits per heavy atom. The Kier molecular flexibility index (Phi) is 23.8. The summed E-state index contributed by atoms with van der Waals surface area (Å²) in [5.41, 5.74) is 0.797. The van der Waals surface area contributed by atoms with Gasteiger partial charge >= 0.3 is 37.7 Å². The zero-order chi connectivity index (χ0) is 40.8. The zero-order valence-corrected chi connectivity index (χ0v) is 37.3. The van der Waals surface area contributed by atoms with E-state index in [0.29, 0.717) is 29.7 Å². The fourth-order valence-corrected chi connectivity index (χ4v) is 7.95. The molecule has 0 aromatic heterocycles. The first kappa shape index (κ1) is 50.3. The van der Waals surface area contributed by atoms with Gasteiger partial charge in [0, 0.05) is 11.1 Å². The van der Waals surface area contributed by atoms with Gasteiger partial charge in [0.1, 0.15) is 32.3 Å². The molecule has 0 fully saturated rings. The van der Waals surface area contributed by atoms with Crippen LogP contribution in [0.25, 0.3) is 0 Å². The molecule has 10 nitrogen and oxygen atoms in total. The van der Waals surface area contributed by atoms with E-state index >= 15 is 0 Å². The second kappa shape index (κ2) is 27.0. The molecule has 0 spiro atoms. The number of benzene rings is 4. The Bertz CT molecular complexity index is 1840. The van der Waals surface area contributed by atoms with Crippen LogP contribution in [0.1, 0.15) is 128 Å². The van der Waals surface area contributed by atoms with Gasteiger partial charge in [0.25, 0.3) is 10.1 Å². The number of aromatic hydroxyl groups is 1. The number of hydrogen-bond acceptors (Lipinski definition) is 9. The van der Waals surface area contributed by atoms with E-state index < -0.39 is 20.2 Å². The second-order valence-electron chi connectivity index (χ2n) is 14.0. The molecular weight excluding hydrogens is 793 g/mol. The van der Waals surface area contributed by atoms with E-state index in [1.807, 2.05) is 0 Å². The number of rotatable bonds is 24. The van der Waals surface area contributed by atoms with Crippen LogP contribution in [0.4, 0.5) is 0 Å². The molecule has 0 unspecified atom stereocenters. The van der Waals surface area contributed by atoms with E-state index in [1.54, 1.807) is 42.5 Å². The van der Waals surface area contributed by atoms with Gasteiger partial charge in [0.2, 0.25) is 0 Å². The minimum absolute atomic E-state index is 0. The van der Waals surface area contributed by atoms with Gasteiger partial charge in [-0.2, -0.15) is 8.42 Å². The molecule has 0 aliphatic carbocycles. The van der Waals surface area contributed by atoms with Crippen LogP contribution in [-0.2, 0) is 33.1 Å². The summed E-state index contributed by atoms with van der Waals surface area (Å²) in [4.78, 5) is -0.403. The summed E-state index contributed by atoms with van der Waals surface area (Å²) in [6.07, 6.45) is 18.9. The van der Waals surface area contributed by atoms with Crippen LogP contribution >= 0.6 is 0 Å². The average Bonchev–Trinajstić information content (AvgIpc) is 3.16. The van der Waals surface area contributed by atoms with Crippen molar-refractivity contribution in [3.8, 4) is 34.5 Å². The summed E-state index contributed by atoms with van der Waals surface area (Å²) in [6.45, 7) is 4.38. The maximum Gasteiger partial charge on any atom is 2.00 e. The van der Waals surface area contributed by atoms with E-state index in [4.69, 9.17) is 9.47 Å². The van der Waals surface area contributed by atoms with Gasteiger partial charge in [-0.05, 0) is 68.1 Å². The molecule has 0 radical (unpaired) electrons. The first-order valence-electron chi connectivity index (χ1n) is 19.9. The maximum absolute atomic E-state index is 11.9. The molecule has 0 amide bonds. The van der Waals surface area contributed by atoms with Crippen LogP contribution in [0.3, 0.4) is 0 Å². The van der Waals surface area contributed by atoms with Gasteiger partial charge in [-0.1, -0.05) is 152 Å². The summed E-state index contributed by atoms with van der Waals surface area (Å²) >= 11 is 0. The van der Waals surface area contributed by atoms with Gasteiger partial charge in [0.15, 0.2) is 11.5 Å². The molecule has 4 aromatic rings. The van der Waals surface area contributed by atoms with Crippen molar-refractivity contribution < 1.29 is 45.6 Å². The first-order valence-corrected chi connectivity index (χ1v) is 22.8. The van der Waals surface area contributed by atoms with Crippen molar-refractivity contribution >= 4 is 58.0 Å². The fraction of sp³-hybridized carbons (Fsp3) is 0.455. The number of unbranched alkanes of at least 4 members (excludes halogenated alkanes) is 14. The predicted octanol–water partition coefficient (Wildman–Crippen LogP) is 10.9. The molecule has 0 saturated heterocycles. The smallest absolute Gasteiger partial charge is 0.870 e. The van der Waals surface area contributed by atoms with Crippen LogP contribution in [-0.4, -0.2) is 68.8 Å². The van der Waals surface area contributed by atoms with Crippen LogP contribution < -0.4 is 14.6 Å². The van der Waals surface area contributed by atoms with Crippen molar-refractivity contribution in [3.05, 3.63) is 96.1 Å². The van der Waals surface area contributed by atoms with Gasteiger partial charge in [-0.25, -0.2) is 8.42 Å². The fourth-order valence-electron chi connectivity index (χ4n) is 6.44. The average molecular weight is 851 g/mol. The molecule has 4 rings (SSSR count). The Labute approximate surface area is 370 Å². The van der Waals surface area contributed by atoms with Crippen LogP contribution in [0.5, 0.6) is 34.5 Å². The van der Waals surface area contributed by atoms with Crippen molar-refractivity contribution in [1.82, 2.24) is 0 Å². The Morgan fingerprint density at radius 3 is 1.35 bits per heavy atom. The van der Waals surface area contributed by atoms with Crippen LogP contribution in [0.2, 0.25) is 0 Å². The second-order valence-corrected chi connectivity index (χ2v) is 16.7. The third kappa shape index (κ3) is 18.3. The Hall–Kier alpha value is -2.84. The topological polar surface area (TPSA) is 173 Å². The number of phenolic OH excluding ortho intramolecular Hbond substituents is 1. The van der Waals surface area contributed by atoms with E-state index in [-0.39, 0.29) is 76.3 Å². The third-order valence-electron chi connectivity index (χ3n) is 9.44. The number of ether oxygens (including phenoxy) is 2. The zero-order valence-electron chi connectivity index (χ0n) is 33.5. The summed E-state index contributed by atoms with van der Waals surface area (Å²) in [7, 11) is -8.98. The number of para-hydroxylation sites is 4. The van der Waals surface area contributed by atoms with E-state index in [9.17, 15) is 36.2 Å². The minimum Gasteiger partial charge on any atom is -0.870 e. The van der Waals surface area contributed by atoms with Gasteiger partial charge in [0.05, 0.1) is 4.90 Å². The largest absolute Gasteiger partial charge is 2.00 e. The standard InChI is InChI=1S/2C22H30O5S.Ca/c2*1-2-3-4-5-6-7-8-9-13-18-20(16-12-17-22(18)28(24,25)26)27-21-15-11-10-14-19(21)23;/h2*10-12,14-17,23H,2-9,13H2,1H3,(H,24,25,26);/q;;+2/p-2. The van der Waals surface area contributed by atoms with E-state index in [1.165, 1.54) is 100 Å². The molecule has 57 heavy (non-hydrogen) atoms. The molecule has 0 saturated carbocycles. The minimum atomic E-state index is -4.62. The number of hydrogen-bond donors (Lipinski definition) is 2. The molecule has 2 N–H and O–H groups in total. The van der Waals surface area contributed by atoms with Gasteiger partial charge < -0.3 is 24.2 Å². The summed E-state index contributed by atoms with van der Waals surface area (Å²) in [5.74, 6) is 0.615. The monoisotopic (exact) mass is 850 g/mol. The van der Waals surface area contributed by atoms with Crippen LogP contribution in [0, 0.1) is 0 Å². The number of phenols is 1. The summed E-state index contributed by atoms with van der Waals surface area (Å²) < 4.78 is 79.7. The summed E-state index contributed by atoms with van der Waals surface area (Å²) in [5, 5.41) is 21.9. The Balaban J connectivity index is 0.000000387. The van der Waals surface area contributed by atoms with Crippen LogP contribution in [0.15, 0.2) is 94.7 Å².